The van der Waals surface area contributed by atoms with E-state index in [0.717, 1.165) is 34.6 Å². The SMILES string of the molecule is CC(=O)N[C@H]1[C@H](O[C@@H]([C@H](O)[C@H](C=O)NC(C)=O)[C@H](O)CO)O[C@H](CO)[C@@H](O[C@@H]2O[C@H](CO[C@H]3O[C@H](CO)[C@@H](O)[C@H](O)[C@@H]3O[C@@H]3O[C@H](CO)[C@@H](O)[C@H](O)[C@H]3NC(C)=O)[C@@H](O)[C@H](O[C@H]3O[C@H](CO)[C@@H](O[C@@H]4O[C@H](CO)[C@@H](O)[C@H](O)[C@H]4NC(C)=O)[C@H](O)[C@@H]3O[C@@H]3O[C@H](CO)[C@@H](O)[C@H](O)[C@H]3NC(C)=O)[C@@H]2O)[C@@H]1O. The lowest BCUT2D eigenvalue weighted by atomic mass is 9.94. The van der Waals surface area contributed by atoms with Gasteiger partial charge in [-0.15, -0.1) is 0 Å². The molecule has 104 heavy (non-hydrogen) atoms. The van der Waals surface area contributed by atoms with E-state index >= 15 is 0 Å². The van der Waals surface area contributed by atoms with Crippen LogP contribution in [0.15, 0.2) is 0 Å². The molecule has 0 aromatic rings. The maximum atomic E-state index is 12.9. The molecule has 5 amide bonds. The van der Waals surface area contributed by atoms with Crippen molar-refractivity contribution in [2.24, 2.45) is 0 Å². The molecule has 0 bridgehead atoms. The van der Waals surface area contributed by atoms with Crippen LogP contribution in [0.5, 0.6) is 0 Å². The molecule has 26 N–H and O–H groups in total. The Hall–Kier alpha value is -4.38. The zero-order valence-electron chi connectivity index (χ0n) is 56.3. The average Bonchev–Trinajstić information content (AvgIpc) is 0.763. The number of aliphatic hydroxyl groups is 21. The Morgan fingerprint density at radius 3 is 1.09 bits per heavy atom. The molecule has 0 saturated carbocycles. The van der Waals surface area contributed by atoms with Gasteiger partial charge in [0.1, 0.15) is 201 Å². The van der Waals surface area contributed by atoms with Gasteiger partial charge in [-0.25, -0.2) is 0 Å². The van der Waals surface area contributed by atoms with Crippen molar-refractivity contribution >= 4 is 35.8 Å². The van der Waals surface area contributed by atoms with Crippen LogP contribution >= 0.6 is 0 Å². The van der Waals surface area contributed by atoms with Crippen molar-refractivity contribution in [3.05, 3.63) is 0 Å². The van der Waals surface area contributed by atoms with Crippen LogP contribution in [0.3, 0.4) is 0 Å². The van der Waals surface area contributed by atoms with Gasteiger partial charge in [-0.05, 0) is 0 Å². The molecular formula is C58H97N5O41. The summed E-state index contributed by atoms with van der Waals surface area (Å²) in [6, 6.07) is -9.25. The summed E-state index contributed by atoms with van der Waals surface area (Å²) < 4.78 is 84.0. The molecule has 7 fully saturated rings. The predicted molar refractivity (Wildman–Crippen MR) is 324 cm³/mol. The van der Waals surface area contributed by atoms with E-state index in [4.69, 9.17) is 66.3 Å². The summed E-state index contributed by atoms with van der Waals surface area (Å²) in [4.78, 5) is 74.6. The van der Waals surface area contributed by atoms with Crippen molar-refractivity contribution in [1.82, 2.24) is 26.6 Å². The molecule has 0 aliphatic carbocycles. The molecule has 0 radical (unpaired) electrons. The maximum absolute atomic E-state index is 12.9. The molecule has 46 heteroatoms. The number of hydrogen-bond acceptors (Lipinski definition) is 41. The second kappa shape index (κ2) is 38.8. The van der Waals surface area contributed by atoms with Gasteiger partial charge in [-0.2, -0.15) is 0 Å². The van der Waals surface area contributed by atoms with Crippen molar-refractivity contribution in [3.8, 4) is 0 Å². The summed E-state index contributed by atoms with van der Waals surface area (Å²) in [7, 11) is 0. The molecule has 7 heterocycles. The standard InChI is InChI=1S/C58H97N5O41/c1-15(72)59-20(6-64)33(78)46(21(77)7-65)99-55-32(63-19(5)76)42(87)47(26(12-70)96-55)101-56-45(90)49(38(83)28(98-56)14-91-57-50(43(88)37(82)25(11-69)95-57)103-53-30(61-17(3)74)40(85)35(80)23(9-67)93-53)102-58-51(104-54-31(62-18(4)75)41(86)36(81)24(10-68)94-54)44(89)48(27(13-71)97-58)100-52-29(60-16(2)73)39(84)34(79)22(8-66)92-52/h6,20-58,65-71,77-90H,7-14H2,1-5H3,(H,59,72)(H,60,73)(H,61,74)(H,62,75)(H,63,76)/t20-,21+,22+,23+,24+,25+,26+,27+,28+,29+,30+,31+,32+,33+,34+,35+,36+,37+,38+,39+,40+,41+,42+,43-,44-,45-,46+,47+,48+,49-,50-,51-,52-,53-,54-,55-,56-,57-,58+/m0/s1. The fraction of sp³-hybridized carbons (Fsp3) is 0.897. The largest absolute Gasteiger partial charge is 0.394 e. The Balaban J connectivity index is 1.32. The minimum Gasteiger partial charge on any atom is -0.394 e. The van der Waals surface area contributed by atoms with Gasteiger partial charge in [0, 0.05) is 34.6 Å². The van der Waals surface area contributed by atoms with Gasteiger partial charge in [0.05, 0.1) is 52.9 Å². The minimum atomic E-state index is -2.60. The average molecular weight is 1520 g/mol. The van der Waals surface area contributed by atoms with Crippen molar-refractivity contribution < 1.29 is 202 Å². The van der Waals surface area contributed by atoms with Gasteiger partial charge >= 0.3 is 0 Å². The Labute approximate surface area is 589 Å². The van der Waals surface area contributed by atoms with Crippen LogP contribution < -0.4 is 26.6 Å². The van der Waals surface area contributed by atoms with Gasteiger partial charge < -0.3 is 205 Å². The molecule has 0 spiro atoms. The third kappa shape index (κ3) is 20.2. The number of nitrogens with one attached hydrogen (secondary N) is 5. The molecule has 7 aliphatic heterocycles. The fourth-order valence-electron chi connectivity index (χ4n) is 12.9. The first-order valence-corrected chi connectivity index (χ1v) is 32.9. The van der Waals surface area contributed by atoms with Crippen molar-refractivity contribution in [3.63, 3.8) is 0 Å². The van der Waals surface area contributed by atoms with E-state index in [2.05, 4.69) is 26.6 Å². The van der Waals surface area contributed by atoms with Crippen LogP contribution in [0.4, 0.5) is 0 Å². The van der Waals surface area contributed by atoms with E-state index in [-0.39, 0.29) is 6.29 Å². The predicted octanol–water partition coefficient (Wildman–Crippen LogP) is -17.9. The maximum Gasteiger partial charge on any atom is 0.217 e. The lowest BCUT2D eigenvalue weighted by molar-refractivity contribution is -0.402. The van der Waals surface area contributed by atoms with Gasteiger partial charge in [-0.1, -0.05) is 0 Å². The van der Waals surface area contributed by atoms with Crippen LogP contribution in [-0.2, 0) is 95.1 Å². The highest BCUT2D eigenvalue weighted by atomic mass is 16.8. The molecular weight excluding hydrogens is 1420 g/mol. The molecule has 39 atom stereocenters. The summed E-state index contributed by atoms with van der Waals surface area (Å²) in [6.45, 7) is -4.26. The number of rotatable bonds is 31. The number of amides is 5. The number of hydrogen-bond donors (Lipinski definition) is 26. The van der Waals surface area contributed by atoms with E-state index < -0.39 is 321 Å². The van der Waals surface area contributed by atoms with Gasteiger partial charge in [0.2, 0.25) is 29.5 Å². The number of carbonyl (C=O) groups excluding carboxylic acids is 6. The lowest BCUT2D eigenvalue weighted by Gasteiger charge is -2.51. The van der Waals surface area contributed by atoms with Gasteiger partial charge in [-0.3, -0.25) is 24.0 Å². The molecule has 7 saturated heterocycles. The van der Waals surface area contributed by atoms with Crippen molar-refractivity contribution in [1.29, 1.82) is 0 Å². The summed E-state index contributed by atoms with van der Waals surface area (Å²) in [5.74, 6) is -4.48. The molecule has 600 valence electrons. The van der Waals surface area contributed by atoms with Gasteiger partial charge in [0.15, 0.2) is 44.0 Å². The van der Waals surface area contributed by atoms with Gasteiger partial charge in [0.25, 0.3) is 0 Å². The molecule has 7 rings (SSSR count). The third-order valence-electron chi connectivity index (χ3n) is 18.2. The third-order valence-corrected chi connectivity index (χ3v) is 18.2. The Kier molecular flexibility index (Phi) is 32.4. The van der Waals surface area contributed by atoms with E-state index in [1.165, 1.54) is 0 Å². The van der Waals surface area contributed by atoms with Crippen LogP contribution in [0.2, 0.25) is 0 Å². The molecule has 7 aliphatic rings. The quantitative estimate of drug-likeness (QED) is 0.0287. The molecule has 46 nitrogen and oxygen atoms in total. The van der Waals surface area contributed by atoms with E-state index in [9.17, 15) is 136 Å². The van der Waals surface area contributed by atoms with Crippen LogP contribution in [0.1, 0.15) is 34.6 Å². The zero-order chi connectivity index (χ0) is 77.2. The first kappa shape index (κ1) is 86.9. The highest BCUT2D eigenvalue weighted by molar-refractivity contribution is 5.77. The summed E-state index contributed by atoms with van der Waals surface area (Å²) in [5.41, 5.74) is 0. The summed E-state index contributed by atoms with van der Waals surface area (Å²) in [6.07, 6.45) is -72.2. The first-order chi connectivity index (χ1) is 49.1. The minimum absolute atomic E-state index is 0.0339. The highest BCUT2D eigenvalue weighted by Gasteiger charge is 2.60. The van der Waals surface area contributed by atoms with Crippen molar-refractivity contribution in [2.75, 3.05) is 52.9 Å². The van der Waals surface area contributed by atoms with Crippen LogP contribution in [0, 0.1) is 0 Å². The number of aliphatic hydroxyl groups excluding tert-OH is 21. The zero-order valence-corrected chi connectivity index (χ0v) is 56.3. The summed E-state index contributed by atoms with van der Waals surface area (Å²) in [5, 5.41) is 245. The topological polar surface area (TPSA) is 717 Å². The molecule has 0 aromatic carbocycles. The number of carbonyl (C=O) groups is 6. The van der Waals surface area contributed by atoms with Crippen LogP contribution in [-0.4, -0.2) is 435 Å². The monoisotopic (exact) mass is 1520 g/mol. The smallest absolute Gasteiger partial charge is 0.217 e. The first-order valence-electron chi connectivity index (χ1n) is 32.9. The Morgan fingerprint density at radius 1 is 0.356 bits per heavy atom. The van der Waals surface area contributed by atoms with E-state index in [1.807, 2.05) is 0 Å². The second-order valence-corrected chi connectivity index (χ2v) is 25.7. The number of ether oxygens (including phenoxy) is 14. The lowest BCUT2D eigenvalue weighted by Crippen LogP contribution is -2.71. The number of aldehydes is 1. The molecule has 0 unspecified atom stereocenters. The van der Waals surface area contributed by atoms with Crippen molar-refractivity contribution in [2.45, 2.75) is 274 Å². The van der Waals surface area contributed by atoms with Crippen LogP contribution in [0.25, 0.3) is 0 Å². The Morgan fingerprint density at radius 2 is 0.692 bits per heavy atom. The Bertz CT molecular complexity index is 2750. The second-order valence-electron chi connectivity index (χ2n) is 25.7. The van der Waals surface area contributed by atoms with E-state index in [1.54, 1.807) is 0 Å². The fourth-order valence-corrected chi connectivity index (χ4v) is 12.9. The highest BCUT2D eigenvalue weighted by Crippen LogP contribution is 2.39. The normalized spacial score (nSPS) is 44.0. The summed E-state index contributed by atoms with van der Waals surface area (Å²) >= 11 is 0. The molecule has 0 aromatic heterocycles. The van der Waals surface area contributed by atoms with E-state index in [0.29, 0.717) is 0 Å².